The Balaban J connectivity index is 2.29. The van der Waals surface area contributed by atoms with Crippen LogP contribution in [0.2, 0.25) is 0 Å². The van der Waals surface area contributed by atoms with E-state index in [2.05, 4.69) is 6.07 Å². The Bertz CT molecular complexity index is 479. The molecule has 0 aliphatic carbocycles. The Morgan fingerprint density at radius 1 is 1.53 bits per heavy atom. The van der Waals surface area contributed by atoms with Crippen LogP contribution in [0.15, 0.2) is 24.3 Å². The molecule has 1 amide bonds. The fourth-order valence-corrected chi connectivity index (χ4v) is 2.15. The minimum Gasteiger partial charge on any atom is -0.439 e. The summed E-state index contributed by atoms with van der Waals surface area (Å²) < 4.78 is 5.34. The summed E-state index contributed by atoms with van der Waals surface area (Å²) in [5.74, 6) is 0. The van der Waals surface area contributed by atoms with Crippen LogP contribution in [0.3, 0.4) is 0 Å². The predicted molar refractivity (Wildman–Crippen MR) is 62.2 cm³/mol. The molecule has 1 aromatic rings. The van der Waals surface area contributed by atoms with E-state index in [0.717, 1.165) is 5.56 Å². The van der Waals surface area contributed by atoms with Gasteiger partial charge in [-0.2, -0.15) is 5.26 Å². The highest BCUT2D eigenvalue weighted by Gasteiger charge is 2.38. The van der Waals surface area contributed by atoms with Crippen LogP contribution in [0.4, 0.5) is 4.79 Å². The molecular formula is C13H14N2O2. The number of cyclic esters (lactones) is 1. The van der Waals surface area contributed by atoms with Crippen LogP contribution >= 0.6 is 0 Å². The molecule has 2 rings (SSSR count). The van der Waals surface area contributed by atoms with Gasteiger partial charge in [-0.1, -0.05) is 12.1 Å². The first-order valence-corrected chi connectivity index (χ1v) is 5.64. The first-order chi connectivity index (χ1) is 8.17. The highest BCUT2D eigenvalue weighted by molar-refractivity contribution is 5.71. The van der Waals surface area contributed by atoms with Gasteiger partial charge in [-0.15, -0.1) is 0 Å². The average Bonchev–Trinajstić information content (AvgIpc) is 2.64. The second kappa shape index (κ2) is 4.46. The lowest BCUT2D eigenvalue weighted by Gasteiger charge is -2.19. The van der Waals surface area contributed by atoms with Crippen molar-refractivity contribution in [1.82, 2.24) is 4.90 Å². The zero-order chi connectivity index (χ0) is 12.4. The van der Waals surface area contributed by atoms with Crippen molar-refractivity contribution in [3.8, 4) is 6.07 Å². The van der Waals surface area contributed by atoms with Crippen LogP contribution in [0.1, 0.15) is 31.1 Å². The summed E-state index contributed by atoms with van der Waals surface area (Å²) in [5.41, 5.74) is 1.46. The highest BCUT2D eigenvalue weighted by atomic mass is 16.6. The third-order valence-electron chi connectivity index (χ3n) is 3.08. The maximum atomic E-state index is 11.6. The van der Waals surface area contributed by atoms with E-state index in [1.165, 1.54) is 0 Å². The van der Waals surface area contributed by atoms with Crippen LogP contribution in [-0.4, -0.2) is 23.6 Å². The number of rotatable bonds is 2. The number of hydrogen-bond acceptors (Lipinski definition) is 3. The molecule has 0 aromatic heterocycles. The minimum absolute atomic E-state index is 0.00134. The molecule has 1 heterocycles. The van der Waals surface area contributed by atoms with Gasteiger partial charge >= 0.3 is 6.09 Å². The molecule has 1 fully saturated rings. The van der Waals surface area contributed by atoms with Gasteiger partial charge in [0, 0.05) is 6.54 Å². The SMILES string of the molecule is CCN1C(=O)O[C@H](c2cccc(C#N)c2)[C@@H]1C. The monoisotopic (exact) mass is 230 g/mol. The number of carbonyl (C=O) groups excluding carboxylic acids is 1. The van der Waals surface area contributed by atoms with Gasteiger partial charge in [0.25, 0.3) is 0 Å². The van der Waals surface area contributed by atoms with E-state index in [-0.39, 0.29) is 18.2 Å². The van der Waals surface area contributed by atoms with Crippen LogP contribution in [0.5, 0.6) is 0 Å². The molecule has 0 N–H and O–H groups in total. The molecule has 2 atom stereocenters. The van der Waals surface area contributed by atoms with Crippen molar-refractivity contribution in [2.24, 2.45) is 0 Å². The number of benzene rings is 1. The lowest BCUT2D eigenvalue weighted by molar-refractivity contribution is 0.131. The number of likely N-dealkylation sites (N-methyl/N-ethyl adjacent to an activating group) is 1. The molecule has 0 spiro atoms. The van der Waals surface area contributed by atoms with Gasteiger partial charge in [0.2, 0.25) is 0 Å². The van der Waals surface area contributed by atoms with E-state index < -0.39 is 0 Å². The minimum atomic E-state index is -0.285. The first kappa shape index (κ1) is 11.5. The second-order valence-corrected chi connectivity index (χ2v) is 4.07. The molecular weight excluding hydrogens is 216 g/mol. The number of amides is 1. The van der Waals surface area contributed by atoms with E-state index >= 15 is 0 Å². The quantitative estimate of drug-likeness (QED) is 0.784. The Hall–Kier alpha value is -2.02. The Morgan fingerprint density at radius 2 is 2.29 bits per heavy atom. The summed E-state index contributed by atoms with van der Waals surface area (Å²) >= 11 is 0. The van der Waals surface area contributed by atoms with Crippen LogP contribution in [0.25, 0.3) is 0 Å². The van der Waals surface area contributed by atoms with Crippen molar-refractivity contribution in [3.63, 3.8) is 0 Å². The van der Waals surface area contributed by atoms with Crippen molar-refractivity contribution in [1.29, 1.82) is 5.26 Å². The topological polar surface area (TPSA) is 53.3 Å². The van der Waals surface area contributed by atoms with E-state index in [1.54, 1.807) is 17.0 Å². The van der Waals surface area contributed by atoms with Gasteiger partial charge in [0.15, 0.2) is 0 Å². The molecule has 0 saturated carbocycles. The van der Waals surface area contributed by atoms with E-state index in [0.29, 0.717) is 12.1 Å². The maximum absolute atomic E-state index is 11.6. The summed E-state index contributed by atoms with van der Waals surface area (Å²) in [4.78, 5) is 13.3. The van der Waals surface area contributed by atoms with Crippen LogP contribution in [0, 0.1) is 11.3 Å². The van der Waals surface area contributed by atoms with E-state index in [4.69, 9.17) is 10.00 Å². The van der Waals surface area contributed by atoms with Crippen molar-refractivity contribution >= 4 is 6.09 Å². The van der Waals surface area contributed by atoms with E-state index in [9.17, 15) is 4.79 Å². The first-order valence-electron chi connectivity index (χ1n) is 5.64. The third-order valence-corrected chi connectivity index (χ3v) is 3.08. The third kappa shape index (κ3) is 1.96. The molecule has 0 unspecified atom stereocenters. The van der Waals surface area contributed by atoms with Crippen LogP contribution in [-0.2, 0) is 4.74 Å². The number of nitriles is 1. The molecule has 4 nitrogen and oxygen atoms in total. The Morgan fingerprint density at radius 3 is 2.88 bits per heavy atom. The normalized spacial score (nSPS) is 23.4. The summed E-state index contributed by atoms with van der Waals surface area (Å²) in [5, 5.41) is 8.85. The lowest BCUT2D eigenvalue weighted by atomic mass is 10.0. The highest BCUT2D eigenvalue weighted by Crippen LogP contribution is 2.32. The summed E-state index contributed by atoms with van der Waals surface area (Å²) in [6, 6.07) is 9.29. The van der Waals surface area contributed by atoms with Crippen molar-refractivity contribution in [2.75, 3.05) is 6.54 Å². The Labute approximate surface area is 100 Å². The fraction of sp³-hybridized carbons (Fsp3) is 0.385. The summed E-state index contributed by atoms with van der Waals surface area (Å²) in [6.07, 6.45) is -0.567. The van der Waals surface area contributed by atoms with Gasteiger partial charge in [0.1, 0.15) is 6.10 Å². The molecule has 17 heavy (non-hydrogen) atoms. The number of nitrogens with zero attached hydrogens (tertiary/aromatic N) is 2. The molecule has 0 radical (unpaired) electrons. The zero-order valence-electron chi connectivity index (χ0n) is 9.88. The lowest BCUT2D eigenvalue weighted by Crippen LogP contribution is -2.31. The molecule has 0 bridgehead atoms. The van der Waals surface area contributed by atoms with Crippen LogP contribution < -0.4 is 0 Å². The molecule has 4 heteroatoms. The van der Waals surface area contributed by atoms with Gasteiger partial charge in [-0.3, -0.25) is 0 Å². The average molecular weight is 230 g/mol. The molecule has 1 saturated heterocycles. The summed E-state index contributed by atoms with van der Waals surface area (Å²) in [6.45, 7) is 4.51. The van der Waals surface area contributed by atoms with Crippen molar-refractivity contribution in [2.45, 2.75) is 26.0 Å². The molecule has 1 aromatic carbocycles. The maximum Gasteiger partial charge on any atom is 0.410 e. The largest absolute Gasteiger partial charge is 0.439 e. The van der Waals surface area contributed by atoms with Crippen molar-refractivity contribution < 1.29 is 9.53 Å². The molecule has 1 aliphatic rings. The van der Waals surface area contributed by atoms with Crippen molar-refractivity contribution in [3.05, 3.63) is 35.4 Å². The number of hydrogen-bond donors (Lipinski definition) is 0. The molecule has 1 aliphatic heterocycles. The Kier molecular flexibility index (Phi) is 3.01. The fourth-order valence-electron chi connectivity index (χ4n) is 2.15. The van der Waals surface area contributed by atoms with Gasteiger partial charge in [-0.05, 0) is 31.5 Å². The summed E-state index contributed by atoms with van der Waals surface area (Å²) in [7, 11) is 0. The predicted octanol–water partition coefficient (Wildman–Crippen LogP) is 2.46. The number of ether oxygens (including phenoxy) is 1. The van der Waals surface area contributed by atoms with Gasteiger partial charge < -0.3 is 9.64 Å². The molecule has 88 valence electrons. The standard InChI is InChI=1S/C13H14N2O2/c1-3-15-9(2)12(17-13(15)16)11-6-4-5-10(7-11)8-14/h4-7,9,12H,3H2,1-2H3/t9-,12-/m0/s1. The second-order valence-electron chi connectivity index (χ2n) is 4.07. The van der Waals surface area contributed by atoms with Gasteiger partial charge in [0.05, 0.1) is 17.7 Å². The smallest absolute Gasteiger partial charge is 0.410 e. The van der Waals surface area contributed by atoms with E-state index in [1.807, 2.05) is 26.0 Å². The van der Waals surface area contributed by atoms with Gasteiger partial charge in [-0.25, -0.2) is 4.79 Å². The number of carbonyl (C=O) groups is 1. The zero-order valence-corrected chi connectivity index (χ0v) is 9.88.